The minimum Gasteiger partial charge on any atom is -0.480 e. The molecule has 6 nitrogen and oxygen atoms in total. The number of carboxylic acids is 1. The van der Waals surface area contributed by atoms with Crippen LogP contribution in [0.3, 0.4) is 0 Å². The van der Waals surface area contributed by atoms with Crippen molar-refractivity contribution in [1.29, 1.82) is 0 Å². The van der Waals surface area contributed by atoms with E-state index in [1.807, 2.05) is 17.5 Å². The van der Waals surface area contributed by atoms with Gasteiger partial charge in [0, 0.05) is 0 Å². The molecule has 0 spiro atoms. The molecule has 0 unspecified atom stereocenters. The third-order valence-corrected chi connectivity index (χ3v) is 4.06. The number of carbonyl (C=O) groups excluding carboxylic acids is 1. The molecule has 2 rings (SSSR count). The van der Waals surface area contributed by atoms with E-state index in [2.05, 4.69) is 10.3 Å². The summed E-state index contributed by atoms with van der Waals surface area (Å²) in [5.41, 5.74) is 0.522. The lowest BCUT2D eigenvalue weighted by Crippen LogP contribution is -2.45. The molecule has 7 heteroatoms. The van der Waals surface area contributed by atoms with Gasteiger partial charge in [-0.3, -0.25) is 4.79 Å². The number of thiophene rings is 1. The van der Waals surface area contributed by atoms with Gasteiger partial charge in [-0.05, 0) is 24.3 Å². The molecule has 0 aliphatic rings. The molecule has 0 saturated heterocycles. The average Bonchev–Trinajstić information content (AvgIpc) is 3.06. The number of hydrogen-bond acceptors (Lipinski definition) is 5. The zero-order valence-corrected chi connectivity index (χ0v) is 13.4. The highest BCUT2D eigenvalue weighted by molar-refractivity contribution is 7.13. The van der Waals surface area contributed by atoms with Crippen molar-refractivity contribution in [1.82, 2.24) is 10.3 Å². The number of oxazole rings is 1. The van der Waals surface area contributed by atoms with E-state index in [4.69, 9.17) is 9.52 Å². The van der Waals surface area contributed by atoms with Gasteiger partial charge in [-0.25, -0.2) is 9.78 Å². The molecule has 2 aromatic rings. The van der Waals surface area contributed by atoms with Crippen LogP contribution in [0.5, 0.6) is 0 Å². The van der Waals surface area contributed by atoms with Crippen LogP contribution in [0.1, 0.15) is 25.3 Å². The van der Waals surface area contributed by atoms with Crippen LogP contribution < -0.4 is 5.32 Å². The maximum Gasteiger partial charge on any atom is 0.326 e. The Hall–Kier alpha value is -2.15. The second-order valence-corrected chi connectivity index (χ2v) is 6.25. The first-order chi connectivity index (χ1) is 10.4. The van der Waals surface area contributed by atoms with Crippen LogP contribution in [0.4, 0.5) is 0 Å². The van der Waals surface area contributed by atoms with Gasteiger partial charge in [-0.15, -0.1) is 11.3 Å². The Morgan fingerprint density at radius 1 is 1.45 bits per heavy atom. The van der Waals surface area contributed by atoms with Crippen LogP contribution in [-0.2, 0) is 16.0 Å². The quantitative estimate of drug-likeness (QED) is 0.852. The molecule has 0 fully saturated rings. The molecular weight excluding hydrogens is 304 g/mol. The van der Waals surface area contributed by atoms with Gasteiger partial charge in [-0.2, -0.15) is 0 Å². The van der Waals surface area contributed by atoms with Crippen molar-refractivity contribution in [2.45, 2.75) is 33.2 Å². The van der Waals surface area contributed by atoms with Crippen molar-refractivity contribution in [3.63, 3.8) is 0 Å². The Bertz CT molecular complexity index is 661. The normalized spacial score (nSPS) is 12.4. The molecule has 0 aromatic carbocycles. The summed E-state index contributed by atoms with van der Waals surface area (Å²) in [5.74, 6) is -0.569. The second-order valence-electron chi connectivity index (χ2n) is 5.30. The number of hydrogen-bond donors (Lipinski definition) is 2. The molecule has 1 atom stereocenters. The van der Waals surface area contributed by atoms with Crippen LogP contribution >= 0.6 is 11.3 Å². The zero-order valence-electron chi connectivity index (χ0n) is 12.6. The fourth-order valence-corrected chi connectivity index (χ4v) is 2.64. The van der Waals surface area contributed by atoms with E-state index in [1.54, 1.807) is 20.8 Å². The van der Waals surface area contributed by atoms with Crippen molar-refractivity contribution in [3.05, 3.63) is 29.0 Å². The summed E-state index contributed by atoms with van der Waals surface area (Å²) in [6, 6.07) is 2.88. The van der Waals surface area contributed by atoms with Gasteiger partial charge < -0.3 is 14.8 Å². The number of rotatable bonds is 6. The van der Waals surface area contributed by atoms with E-state index in [-0.39, 0.29) is 18.2 Å². The summed E-state index contributed by atoms with van der Waals surface area (Å²) in [6.07, 6.45) is -0.00277. The molecule has 0 saturated carbocycles. The summed E-state index contributed by atoms with van der Waals surface area (Å²) in [6.45, 7) is 5.23. The van der Waals surface area contributed by atoms with Crippen LogP contribution in [0.15, 0.2) is 21.9 Å². The largest absolute Gasteiger partial charge is 0.480 e. The molecule has 0 bridgehead atoms. The monoisotopic (exact) mass is 322 g/mol. The average molecular weight is 322 g/mol. The maximum atomic E-state index is 12.0. The van der Waals surface area contributed by atoms with Gasteiger partial charge >= 0.3 is 5.97 Å². The van der Waals surface area contributed by atoms with Gasteiger partial charge in [0.05, 0.1) is 17.0 Å². The first kappa shape index (κ1) is 16.2. The van der Waals surface area contributed by atoms with Crippen LogP contribution in [-0.4, -0.2) is 28.0 Å². The predicted octanol–water partition coefficient (Wildman–Crippen LogP) is 2.48. The van der Waals surface area contributed by atoms with Crippen LogP contribution in [0.2, 0.25) is 0 Å². The predicted molar refractivity (Wildman–Crippen MR) is 82.7 cm³/mol. The number of aliphatic carboxylic acids is 1. The van der Waals surface area contributed by atoms with Crippen molar-refractivity contribution in [2.24, 2.45) is 5.92 Å². The number of aromatic nitrogens is 1. The topological polar surface area (TPSA) is 92.4 Å². The lowest BCUT2D eigenvalue weighted by Gasteiger charge is -2.17. The second kappa shape index (κ2) is 6.74. The Morgan fingerprint density at radius 3 is 2.73 bits per heavy atom. The highest BCUT2D eigenvalue weighted by Gasteiger charge is 2.24. The third-order valence-electron chi connectivity index (χ3n) is 3.20. The van der Waals surface area contributed by atoms with E-state index < -0.39 is 12.0 Å². The number of nitrogens with zero attached hydrogens (tertiary/aromatic N) is 1. The summed E-state index contributed by atoms with van der Waals surface area (Å²) < 4.78 is 5.56. The van der Waals surface area contributed by atoms with Crippen molar-refractivity contribution in [3.8, 4) is 10.8 Å². The van der Waals surface area contributed by atoms with Crippen LogP contribution in [0.25, 0.3) is 10.8 Å². The molecule has 0 radical (unpaired) electrons. The van der Waals surface area contributed by atoms with E-state index in [0.29, 0.717) is 17.3 Å². The van der Waals surface area contributed by atoms with E-state index >= 15 is 0 Å². The highest BCUT2D eigenvalue weighted by Crippen LogP contribution is 2.26. The molecule has 0 aliphatic heterocycles. The molecule has 1 amide bonds. The number of amides is 1. The number of nitrogens with one attached hydrogen (secondary N) is 1. The molecular formula is C15H18N2O4S. The maximum absolute atomic E-state index is 12.0. The Labute approximate surface area is 132 Å². The molecule has 2 heterocycles. The van der Waals surface area contributed by atoms with Gasteiger partial charge in [0.15, 0.2) is 0 Å². The van der Waals surface area contributed by atoms with Gasteiger partial charge in [0.25, 0.3) is 0 Å². The first-order valence-electron chi connectivity index (χ1n) is 6.90. The van der Waals surface area contributed by atoms with Gasteiger partial charge in [0.2, 0.25) is 11.8 Å². The van der Waals surface area contributed by atoms with Crippen molar-refractivity contribution in [2.75, 3.05) is 0 Å². The standard InChI is InChI=1S/C15H18N2O4S/c1-8(2)13(15(19)20)17-12(18)7-10-9(3)21-14(16-10)11-5-4-6-22-11/h4-6,8,13H,7H2,1-3H3,(H,17,18)(H,19,20)/t13-/m1/s1. The number of carbonyl (C=O) groups is 2. The van der Waals surface area contributed by atoms with Gasteiger partial charge in [-0.1, -0.05) is 19.9 Å². The number of aryl methyl sites for hydroxylation is 1. The zero-order chi connectivity index (χ0) is 16.3. The van der Waals surface area contributed by atoms with Gasteiger partial charge in [0.1, 0.15) is 11.8 Å². The smallest absolute Gasteiger partial charge is 0.326 e. The Balaban J connectivity index is 2.07. The molecule has 118 valence electrons. The Kier molecular flexibility index (Phi) is 4.97. The molecule has 0 aliphatic carbocycles. The van der Waals surface area contributed by atoms with E-state index in [9.17, 15) is 9.59 Å². The lowest BCUT2D eigenvalue weighted by molar-refractivity contribution is -0.143. The van der Waals surface area contributed by atoms with Crippen molar-refractivity contribution < 1.29 is 19.1 Å². The third kappa shape index (κ3) is 3.73. The molecule has 2 N–H and O–H groups in total. The van der Waals surface area contributed by atoms with Crippen LogP contribution in [0, 0.1) is 12.8 Å². The SMILES string of the molecule is Cc1oc(-c2cccs2)nc1CC(=O)N[C@@H](C(=O)O)C(C)C. The fourth-order valence-electron chi connectivity index (χ4n) is 1.99. The van der Waals surface area contributed by atoms with E-state index in [1.165, 1.54) is 11.3 Å². The summed E-state index contributed by atoms with van der Waals surface area (Å²) in [5, 5.41) is 13.5. The number of carboxylic acid groups (broad SMARTS) is 1. The molecule has 2 aromatic heterocycles. The van der Waals surface area contributed by atoms with Crippen molar-refractivity contribution >= 4 is 23.2 Å². The first-order valence-corrected chi connectivity index (χ1v) is 7.78. The summed E-state index contributed by atoms with van der Waals surface area (Å²) in [7, 11) is 0. The highest BCUT2D eigenvalue weighted by atomic mass is 32.1. The summed E-state index contributed by atoms with van der Waals surface area (Å²) >= 11 is 1.50. The fraction of sp³-hybridized carbons (Fsp3) is 0.400. The molecule has 22 heavy (non-hydrogen) atoms. The van der Waals surface area contributed by atoms with E-state index in [0.717, 1.165) is 4.88 Å². The Morgan fingerprint density at radius 2 is 2.18 bits per heavy atom. The minimum absolute atomic E-state index is 0.00277. The minimum atomic E-state index is -1.04. The lowest BCUT2D eigenvalue weighted by atomic mass is 10.0. The summed E-state index contributed by atoms with van der Waals surface area (Å²) in [4.78, 5) is 28.3.